The van der Waals surface area contributed by atoms with Gasteiger partial charge in [-0.15, -0.1) is 0 Å². The normalized spacial score (nSPS) is 15.6. The number of anilines is 2. The molecule has 1 saturated heterocycles. The third-order valence-electron chi connectivity index (χ3n) is 5.78. The Morgan fingerprint density at radius 3 is 2.89 bits per heavy atom. The number of hydrogen-bond donors (Lipinski definition) is 2. The van der Waals surface area contributed by atoms with Gasteiger partial charge in [0.05, 0.1) is 31.2 Å². The number of nitrogens with zero attached hydrogens (tertiary/aromatic N) is 5. The van der Waals surface area contributed by atoms with E-state index in [-0.39, 0.29) is 18.2 Å². The second kappa shape index (κ2) is 11.4. The van der Waals surface area contributed by atoms with Gasteiger partial charge in [0.15, 0.2) is 10.8 Å². The lowest BCUT2D eigenvalue weighted by molar-refractivity contribution is -0.126. The molecule has 11 heteroatoms. The Bertz CT molecular complexity index is 1200. The number of methoxy groups -OCH3 is 1. The van der Waals surface area contributed by atoms with Crippen LogP contribution in [0.2, 0.25) is 0 Å². The zero-order chi connectivity index (χ0) is 24.8. The highest BCUT2D eigenvalue weighted by atomic mass is 32.2. The molecular formula is C24H31N7O3S. The van der Waals surface area contributed by atoms with E-state index in [1.54, 1.807) is 40.7 Å². The second-order valence-corrected chi connectivity index (χ2v) is 9.45. The lowest BCUT2D eigenvalue weighted by Crippen LogP contribution is -2.35. The van der Waals surface area contributed by atoms with E-state index in [0.717, 1.165) is 41.3 Å². The largest absolute Gasteiger partial charge is 0.497 e. The van der Waals surface area contributed by atoms with Crippen molar-refractivity contribution in [2.24, 2.45) is 5.92 Å². The number of benzene rings is 1. The van der Waals surface area contributed by atoms with Gasteiger partial charge in [-0.2, -0.15) is 5.10 Å². The first-order chi connectivity index (χ1) is 17.0. The lowest BCUT2D eigenvalue weighted by atomic mass is 10.1. The van der Waals surface area contributed by atoms with Crippen LogP contribution < -0.4 is 20.3 Å². The third-order valence-corrected chi connectivity index (χ3v) is 6.50. The Hall–Kier alpha value is -3.34. The highest BCUT2D eigenvalue weighted by Crippen LogP contribution is 2.28. The average molecular weight is 498 g/mol. The summed E-state index contributed by atoms with van der Waals surface area (Å²) in [6.45, 7) is 6.18. The lowest BCUT2D eigenvalue weighted by Gasteiger charge is -2.17. The number of hydrogen-bond acceptors (Lipinski definition) is 8. The number of amides is 2. The van der Waals surface area contributed by atoms with Crippen molar-refractivity contribution < 1.29 is 14.3 Å². The molecule has 0 aliphatic carbocycles. The van der Waals surface area contributed by atoms with Gasteiger partial charge in [-0.05, 0) is 24.3 Å². The van der Waals surface area contributed by atoms with Crippen molar-refractivity contribution >= 4 is 46.1 Å². The summed E-state index contributed by atoms with van der Waals surface area (Å²) >= 11 is 1.58. The van der Waals surface area contributed by atoms with E-state index in [1.807, 2.05) is 18.2 Å². The summed E-state index contributed by atoms with van der Waals surface area (Å²) in [4.78, 5) is 36.3. The van der Waals surface area contributed by atoms with Crippen molar-refractivity contribution in [3.8, 4) is 5.75 Å². The first-order valence-electron chi connectivity index (χ1n) is 11.9. The Kier molecular flexibility index (Phi) is 8.06. The Labute approximate surface area is 208 Å². The van der Waals surface area contributed by atoms with E-state index in [4.69, 9.17) is 4.74 Å². The van der Waals surface area contributed by atoms with E-state index in [0.29, 0.717) is 30.5 Å². The van der Waals surface area contributed by atoms with Crippen LogP contribution in [0, 0.1) is 5.92 Å². The van der Waals surface area contributed by atoms with E-state index in [1.165, 1.54) is 0 Å². The quantitative estimate of drug-likeness (QED) is 0.307. The van der Waals surface area contributed by atoms with Gasteiger partial charge in [0.2, 0.25) is 11.8 Å². The molecule has 1 fully saturated rings. The number of nitrogens with one attached hydrogen (secondary N) is 2. The average Bonchev–Trinajstić information content (AvgIpc) is 3.46. The van der Waals surface area contributed by atoms with Crippen molar-refractivity contribution in [1.82, 2.24) is 25.1 Å². The summed E-state index contributed by atoms with van der Waals surface area (Å²) in [6, 6.07) is 7.31. The number of rotatable bonds is 11. The van der Waals surface area contributed by atoms with Crippen LogP contribution in [0.5, 0.6) is 5.75 Å². The molecule has 186 valence electrons. The summed E-state index contributed by atoms with van der Waals surface area (Å²) in [7, 11) is 1.59. The first kappa shape index (κ1) is 24.8. The minimum Gasteiger partial charge on any atom is -0.497 e. The SMILES string of the molecule is CCCNc1nc(SCC)nc2c1cnn2CCNC(=O)C1CC(=O)N(c2cccc(OC)c2)C1. The Balaban J connectivity index is 1.39. The molecule has 0 spiro atoms. The number of aromatic nitrogens is 4. The fourth-order valence-corrected chi connectivity index (χ4v) is 4.58. The van der Waals surface area contributed by atoms with E-state index < -0.39 is 5.92 Å². The van der Waals surface area contributed by atoms with Crippen molar-refractivity contribution in [2.75, 3.05) is 42.7 Å². The van der Waals surface area contributed by atoms with Crippen molar-refractivity contribution in [2.45, 2.75) is 38.4 Å². The van der Waals surface area contributed by atoms with Crippen molar-refractivity contribution in [3.63, 3.8) is 0 Å². The maximum Gasteiger partial charge on any atom is 0.227 e. The van der Waals surface area contributed by atoms with Gasteiger partial charge in [-0.3, -0.25) is 9.59 Å². The van der Waals surface area contributed by atoms with Gasteiger partial charge in [-0.25, -0.2) is 14.6 Å². The number of ether oxygens (including phenoxy) is 1. The Morgan fingerprint density at radius 1 is 1.26 bits per heavy atom. The van der Waals surface area contributed by atoms with Gasteiger partial charge >= 0.3 is 0 Å². The molecule has 2 N–H and O–H groups in total. The van der Waals surface area contributed by atoms with Crippen LogP contribution in [0.1, 0.15) is 26.7 Å². The van der Waals surface area contributed by atoms with Gasteiger partial charge in [0, 0.05) is 37.8 Å². The predicted octanol–water partition coefficient (Wildman–Crippen LogP) is 2.94. The third kappa shape index (κ3) is 5.67. The molecule has 1 aromatic carbocycles. The standard InChI is InChI=1S/C24H31N7O3S/c1-4-9-25-21-19-14-27-31(22(19)29-24(28-21)35-5-2)11-10-26-23(33)16-12-20(32)30(15-16)17-7-6-8-18(13-17)34-3/h6-8,13-14,16H,4-5,9-12,15H2,1-3H3,(H,26,33)(H,25,28,29). The molecule has 3 aromatic rings. The molecule has 2 aromatic heterocycles. The van der Waals surface area contributed by atoms with Crippen molar-refractivity contribution in [3.05, 3.63) is 30.5 Å². The van der Waals surface area contributed by atoms with Crippen LogP contribution in [0.25, 0.3) is 11.0 Å². The highest BCUT2D eigenvalue weighted by Gasteiger charge is 2.35. The van der Waals surface area contributed by atoms with E-state index in [9.17, 15) is 9.59 Å². The van der Waals surface area contributed by atoms with Crippen LogP contribution in [0.4, 0.5) is 11.5 Å². The summed E-state index contributed by atoms with van der Waals surface area (Å²) in [5.41, 5.74) is 1.48. The number of fused-ring (bicyclic) bond motifs is 1. The van der Waals surface area contributed by atoms with Gasteiger partial charge < -0.3 is 20.3 Å². The second-order valence-electron chi connectivity index (χ2n) is 8.22. The van der Waals surface area contributed by atoms with Crippen molar-refractivity contribution in [1.29, 1.82) is 0 Å². The van der Waals surface area contributed by atoms with Crippen LogP contribution >= 0.6 is 11.8 Å². The summed E-state index contributed by atoms with van der Waals surface area (Å²) < 4.78 is 7.04. The molecule has 0 saturated carbocycles. The van der Waals surface area contributed by atoms with Gasteiger partial charge in [0.1, 0.15) is 11.6 Å². The molecule has 3 heterocycles. The van der Waals surface area contributed by atoms with E-state index >= 15 is 0 Å². The molecule has 1 unspecified atom stereocenters. The monoisotopic (exact) mass is 497 g/mol. The number of carbonyl (C=O) groups excluding carboxylic acids is 2. The maximum absolute atomic E-state index is 12.8. The molecule has 10 nitrogen and oxygen atoms in total. The maximum atomic E-state index is 12.8. The molecule has 2 amide bonds. The van der Waals surface area contributed by atoms with E-state index in [2.05, 4.69) is 39.5 Å². The predicted molar refractivity (Wildman–Crippen MR) is 137 cm³/mol. The molecular weight excluding hydrogens is 466 g/mol. The molecule has 1 atom stereocenters. The smallest absolute Gasteiger partial charge is 0.227 e. The number of thioether (sulfide) groups is 1. The molecule has 35 heavy (non-hydrogen) atoms. The minimum atomic E-state index is -0.400. The zero-order valence-corrected chi connectivity index (χ0v) is 21.1. The van der Waals surface area contributed by atoms with Gasteiger partial charge in [-0.1, -0.05) is 31.7 Å². The Morgan fingerprint density at radius 2 is 2.11 bits per heavy atom. The topological polar surface area (TPSA) is 114 Å². The fraction of sp³-hybridized carbons (Fsp3) is 0.458. The molecule has 1 aliphatic rings. The molecule has 4 rings (SSSR count). The fourth-order valence-electron chi connectivity index (χ4n) is 4.01. The molecule has 0 radical (unpaired) electrons. The van der Waals surface area contributed by atoms with Crippen LogP contribution in [-0.4, -0.2) is 64.1 Å². The van der Waals surface area contributed by atoms with Gasteiger partial charge in [0.25, 0.3) is 0 Å². The minimum absolute atomic E-state index is 0.0683. The van der Waals surface area contributed by atoms with Crippen LogP contribution in [0.15, 0.2) is 35.6 Å². The molecule has 0 bridgehead atoms. The summed E-state index contributed by atoms with van der Waals surface area (Å²) in [6.07, 6.45) is 2.93. The number of carbonyl (C=O) groups is 2. The molecule has 1 aliphatic heterocycles. The van der Waals surface area contributed by atoms with Crippen LogP contribution in [-0.2, 0) is 16.1 Å². The zero-order valence-electron chi connectivity index (χ0n) is 20.3. The van der Waals surface area contributed by atoms with Crippen LogP contribution in [0.3, 0.4) is 0 Å². The summed E-state index contributed by atoms with van der Waals surface area (Å²) in [5, 5.41) is 12.4. The highest BCUT2D eigenvalue weighted by molar-refractivity contribution is 7.99. The first-order valence-corrected chi connectivity index (χ1v) is 12.8. The summed E-state index contributed by atoms with van der Waals surface area (Å²) in [5.74, 6) is 1.72.